The molecule has 0 fully saturated rings. The summed E-state index contributed by atoms with van der Waals surface area (Å²) < 4.78 is 5.83. The Kier molecular flexibility index (Phi) is 7.62. The minimum Gasteiger partial charge on any atom is -0.491 e. The first-order valence-electron chi connectivity index (χ1n) is 10.0. The van der Waals surface area contributed by atoms with Crippen LogP contribution >= 0.6 is 11.3 Å². The van der Waals surface area contributed by atoms with Crippen LogP contribution in [0.25, 0.3) is 6.08 Å². The van der Waals surface area contributed by atoms with Crippen molar-refractivity contribution in [3.8, 4) is 5.75 Å². The number of nitrogens with one attached hydrogen (secondary N) is 2. The molecule has 0 aliphatic rings. The fourth-order valence-corrected chi connectivity index (χ4v) is 3.51. The predicted octanol–water partition coefficient (Wildman–Crippen LogP) is 4.72. The van der Waals surface area contributed by atoms with Crippen LogP contribution in [0.4, 0.5) is 0 Å². The molecule has 2 aromatic carbocycles. The molecule has 0 aliphatic heterocycles. The van der Waals surface area contributed by atoms with E-state index in [0.717, 1.165) is 21.8 Å². The molecule has 1 aromatic heterocycles. The molecule has 0 saturated heterocycles. The number of carbonyl (C=O) groups is 2. The number of amides is 2. The minimum absolute atomic E-state index is 0.191. The number of hydrogen-bond donors (Lipinski definition) is 2. The number of ether oxygens (including phenoxy) is 1. The van der Waals surface area contributed by atoms with Crippen molar-refractivity contribution in [2.24, 2.45) is 0 Å². The van der Waals surface area contributed by atoms with Crippen molar-refractivity contribution in [2.75, 3.05) is 6.61 Å². The molecule has 0 aliphatic carbocycles. The average molecular weight is 435 g/mol. The van der Waals surface area contributed by atoms with E-state index in [-0.39, 0.29) is 23.6 Å². The quantitative estimate of drug-likeness (QED) is 0.504. The molecule has 0 spiro atoms. The third-order valence-corrected chi connectivity index (χ3v) is 5.42. The molecule has 3 aromatic rings. The molecule has 6 heteroatoms. The van der Waals surface area contributed by atoms with E-state index in [2.05, 4.69) is 10.6 Å². The molecule has 160 valence electrons. The molecule has 0 radical (unpaired) electrons. The molecule has 0 bridgehead atoms. The molecule has 5 nitrogen and oxygen atoms in total. The summed E-state index contributed by atoms with van der Waals surface area (Å²) >= 11 is 1.49. The Morgan fingerprint density at radius 2 is 1.77 bits per heavy atom. The van der Waals surface area contributed by atoms with Crippen molar-refractivity contribution in [3.63, 3.8) is 0 Å². The van der Waals surface area contributed by atoms with Gasteiger partial charge in [-0.3, -0.25) is 9.59 Å². The van der Waals surface area contributed by atoms with Crippen molar-refractivity contribution in [3.05, 3.63) is 93.3 Å². The van der Waals surface area contributed by atoms with Crippen molar-refractivity contribution >= 4 is 29.2 Å². The first-order valence-corrected chi connectivity index (χ1v) is 10.9. The van der Waals surface area contributed by atoms with Gasteiger partial charge >= 0.3 is 0 Å². The van der Waals surface area contributed by atoms with Crippen molar-refractivity contribution in [2.45, 2.75) is 26.8 Å². The zero-order valence-corrected chi connectivity index (χ0v) is 18.7. The van der Waals surface area contributed by atoms with Gasteiger partial charge in [0.05, 0.1) is 6.04 Å². The summed E-state index contributed by atoms with van der Waals surface area (Å²) in [6, 6.07) is 18.5. The van der Waals surface area contributed by atoms with E-state index >= 15 is 0 Å². The second-order valence-corrected chi connectivity index (χ2v) is 8.32. The Morgan fingerprint density at radius 3 is 2.45 bits per heavy atom. The number of hydrogen-bond acceptors (Lipinski definition) is 4. The third kappa shape index (κ3) is 6.55. The van der Waals surface area contributed by atoms with Gasteiger partial charge < -0.3 is 15.4 Å². The zero-order chi connectivity index (χ0) is 22.2. The molecule has 1 atom stereocenters. The van der Waals surface area contributed by atoms with Gasteiger partial charge in [-0.05, 0) is 62.1 Å². The van der Waals surface area contributed by atoms with Crippen LogP contribution in [0, 0.1) is 13.8 Å². The number of aryl methyl sites for hydroxylation is 2. The van der Waals surface area contributed by atoms with Gasteiger partial charge in [0.1, 0.15) is 18.1 Å². The maximum Gasteiger partial charge on any atom is 0.268 e. The molecule has 1 unspecified atom stereocenters. The highest BCUT2D eigenvalue weighted by Crippen LogP contribution is 2.17. The normalized spacial score (nSPS) is 12.2. The monoisotopic (exact) mass is 434 g/mol. The van der Waals surface area contributed by atoms with Gasteiger partial charge in [-0.15, -0.1) is 11.3 Å². The Balaban J connectivity index is 1.68. The van der Waals surface area contributed by atoms with Crippen LogP contribution in [0.5, 0.6) is 5.75 Å². The van der Waals surface area contributed by atoms with Gasteiger partial charge in [0.25, 0.3) is 11.8 Å². The number of benzene rings is 2. The van der Waals surface area contributed by atoms with Crippen LogP contribution in [-0.2, 0) is 4.79 Å². The predicted molar refractivity (Wildman–Crippen MR) is 125 cm³/mol. The van der Waals surface area contributed by atoms with E-state index < -0.39 is 0 Å². The first kappa shape index (κ1) is 22.3. The van der Waals surface area contributed by atoms with E-state index in [4.69, 9.17) is 4.74 Å². The van der Waals surface area contributed by atoms with Gasteiger partial charge in [-0.1, -0.05) is 42.0 Å². The van der Waals surface area contributed by atoms with Crippen LogP contribution in [0.2, 0.25) is 0 Å². The topological polar surface area (TPSA) is 67.4 Å². The maximum atomic E-state index is 12.9. The summed E-state index contributed by atoms with van der Waals surface area (Å²) in [5.41, 5.74) is 2.78. The summed E-state index contributed by atoms with van der Waals surface area (Å²) in [4.78, 5) is 26.5. The highest BCUT2D eigenvalue weighted by Gasteiger charge is 2.17. The zero-order valence-electron chi connectivity index (χ0n) is 17.8. The Bertz CT molecular complexity index is 1060. The Labute approximate surface area is 186 Å². The highest BCUT2D eigenvalue weighted by atomic mass is 32.1. The second kappa shape index (κ2) is 10.6. The SMILES string of the molecule is Cc1ccc(C(=O)N/C(=C\c2cccs2)C(=O)NC(C)COc2ccccc2C)cc1. The van der Waals surface area contributed by atoms with Crippen LogP contribution in [0.3, 0.4) is 0 Å². The number of rotatable bonds is 8. The van der Waals surface area contributed by atoms with E-state index in [1.807, 2.05) is 74.7 Å². The Morgan fingerprint density at radius 1 is 1.03 bits per heavy atom. The van der Waals surface area contributed by atoms with Crippen LogP contribution in [0.15, 0.2) is 71.7 Å². The summed E-state index contributed by atoms with van der Waals surface area (Å²) in [7, 11) is 0. The molecular weight excluding hydrogens is 408 g/mol. The summed E-state index contributed by atoms with van der Waals surface area (Å²) in [6.45, 7) is 6.11. The highest BCUT2D eigenvalue weighted by molar-refractivity contribution is 7.10. The summed E-state index contributed by atoms with van der Waals surface area (Å²) in [6.07, 6.45) is 1.68. The fraction of sp³-hybridized carbons (Fsp3) is 0.200. The molecule has 1 heterocycles. The summed E-state index contributed by atoms with van der Waals surface area (Å²) in [5.74, 6) is 0.0853. The van der Waals surface area contributed by atoms with Crippen LogP contribution in [0.1, 0.15) is 33.3 Å². The number of para-hydroxylation sites is 1. The largest absolute Gasteiger partial charge is 0.491 e. The molecule has 0 saturated carbocycles. The fourth-order valence-electron chi connectivity index (χ4n) is 2.85. The third-order valence-electron chi connectivity index (χ3n) is 4.60. The van der Waals surface area contributed by atoms with Crippen molar-refractivity contribution in [1.82, 2.24) is 10.6 Å². The van der Waals surface area contributed by atoms with Gasteiger partial charge in [0, 0.05) is 10.4 Å². The van der Waals surface area contributed by atoms with Crippen molar-refractivity contribution < 1.29 is 14.3 Å². The molecule has 2 amide bonds. The molecule has 3 rings (SSSR count). The second-order valence-electron chi connectivity index (χ2n) is 7.34. The van der Waals surface area contributed by atoms with E-state index in [0.29, 0.717) is 12.2 Å². The van der Waals surface area contributed by atoms with E-state index in [1.165, 1.54) is 11.3 Å². The number of thiophene rings is 1. The maximum absolute atomic E-state index is 12.9. The molecule has 2 N–H and O–H groups in total. The summed E-state index contributed by atoms with van der Waals surface area (Å²) in [5, 5.41) is 7.58. The molecular formula is C25H26N2O3S. The van der Waals surface area contributed by atoms with Gasteiger partial charge in [0.2, 0.25) is 0 Å². The Hall–Kier alpha value is -3.38. The lowest BCUT2D eigenvalue weighted by Gasteiger charge is -2.17. The lowest BCUT2D eigenvalue weighted by atomic mass is 10.1. The standard InChI is InChI=1S/C25H26N2O3S/c1-17-10-12-20(13-11-17)24(28)27-22(15-21-8-6-14-31-21)25(29)26-19(3)16-30-23-9-5-4-7-18(23)2/h4-15,19H,16H2,1-3H3,(H,26,29)(H,27,28)/b22-15-. The van der Waals surface area contributed by atoms with E-state index in [9.17, 15) is 9.59 Å². The smallest absolute Gasteiger partial charge is 0.268 e. The van der Waals surface area contributed by atoms with E-state index in [1.54, 1.807) is 18.2 Å². The molecule has 31 heavy (non-hydrogen) atoms. The lowest BCUT2D eigenvalue weighted by molar-refractivity contribution is -0.118. The van der Waals surface area contributed by atoms with Gasteiger partial charge in [-0.25, -0.2) is 0 Å². The van der Waals surface area contributed by atoms with Crippen molar-refractivity contribution in [1.29, 1.82) is 0 Å². The van der Waals surface area contributed by atoms with Gasteiger partial charge in [0.15, 0.2) is 0 Å². The average Bonchev–Trinajstić information content (AvgIpc) is 3.26. The van der Waals surface area contributed by atoms with Gasteiger partial charge in [-0.2, -0.15) is 0 Å². The van der Waals surface area contributed by atoms with Crippen LogP contribution in [-0.4, -0.2) is 24.5 Å². The first-order chi connectivity index (χ1) is 14.9. The minimum atomic E-state index is -0.366. The lowest BCUT2D eigenvalue weighted by Crippen LogP contribution is -2.41. The van der Waals surface area contributed by atoms with Crippen LogP contribution < -0.4 is 15.4 Å². The number of carbonyl (C=O) groups excluding carboxylic acids is 2.